The van der Waals surface area contributed by atoms with Crippen LogP contribution < -0.4 is 10.0 Å². The normalized spacial score (nSPS) is 19.7. The number of carboxylic acids is 1. The van der Waals surface area contributed by atoms with Gasteiger partial charge in [-0.3, -0.25) is 0 Å². The van der Waals surface area contributed by atoms with Gasteiger partial charge in [0.2, 0.25) is 0 Å². The van der Waals surface area contributed by atoms with Crippen LogP contribution in [-0.2, 0) is 4.79 Å². The SMILES string of the molecule is CCC1(C(F)(F)F)C(C(=O)[O-])=Cc2ccccc2N1c1ccc(F)cc1. The van der Waals surface area contributed by atoms with Crippen LogP contribution in [-0.4, -0.2) is 17.7 Å². The van der Waals surface area contributed by atoms with Crippen LogP contribution in [0.15, 0.2) is 54.1 Å². The molecule has 1 aliphatic rings. The number of rotatable bonds is 3. The van der Waals surface area contributed by atoms with Crippen LogP contribution in [0.3, 0.4) is 0 Å². The van der Waals surface area contributed by atoms with Crippen LogP contribution in [0.2, 0.25) is 0 Å². The molecule has 0 amide bonds. The molecule has 1 atom stereocenters. The molecular weight excluding hydrogens is 350 g/mol. The summed E-state index contributed by atoms with van der Waals surface area (Å²) in [7, 11) is 0. The number of anilines is 2. The highest BCUT2D eigenvalue weighted by Crippen LogP contribution is 2.53. The second kappa shape index (κ2) is 6.16. The highest BCUT2D eigenvalue weighted by molar-refractivity contribution is 6.00. The third-order valence-electron chi connectivity index (χ3n) is 4.59. The molecule has 1 aliphatic heterocycles. The molecule has 7 heteroatoms. The number of para-hydroxylation sites is 1. The molecule has 0 radical (unpaired) electrons. The summed E-state index contributed by atoms with van der Waals surface area (Å²) in [5, 5.41) is 11.7. The Bertz CT molecular complexity index is 874. The third-order valence-corrected chi connectivity index (χ3v) is 4.59. The Balaban J connectivity index is 2.40. The van der Waals surface area contributed by atoms with Crippen molar-refractivity contribution in [2.24, 2.45) is 0 Å². The van der Waals surface area contributed by atoms with Crippen molar-refractivity contribution in [1.82, 2.24) is 0 Å². The molecule has 0 bridgehead atoms. The van der Waals surface area contributed by atoms with Gasteiger partial charge in [-0.2, -0.15) is 13.2 Å². The fourth-order valence-electron chi connectivity index (χ4n) is 3.42. The van der Waals surface area contributed by atoms with Gasteiger partial charge < -0.3 is 14.8 Å². The number of benzene rings is 2. The van der Waals surface area contributed by atoms with Crippen LogP contribution in [0.4, 0.5) is 28.9 Å². The van der Waals surface area contributed by atoms with Gasteiger partial charge in [-0.25, -0.2) is 4.39 Å². The summed E-state index contributed by atoms with van der Waals surface area (Å²) in [6.07, 6.45) is -4.49. The maximum atomic E-state index is 14.3. The lowest BCUT2D eigenvalue weighted by atomic mass is 9.78. The molecule has 26 heavy (non-hydrogen) atoms. The van der Waals surface area contributed by atoms with Crippen molar-refractivity contribution >= 4 is 23.4 Å². The number of halogens is 4. The lowest BCUT2D eigenvalue weighted by Gasteiger charge is -2.50. The highest BCUT2D eigenvalue weighted by atomic mass is 19.4. The maximum Gasteiger partial charge on any atom is 0.416 e. The van der Waals surface area contributed by atoms with Crippen LogP contribution in [0.25, 0.3) is 6.08 Å². The molecule has 3 nitrogen and oxygen atoms in total. The van der Waals surface area contributed by atoms with Gasteiger partial charge in [0.1, 0.15) is 5.82 Å². The van der Waals surface area contributed by atoms with Gasteiger partial charge in [0.25, 0.3) is 0 Å². The Morgan fingerprint density at radius 2 is 1.73 bits per heavy atom. The first-order chi connectivity index (χ1) is 12.2. The second-order valence-corrected chi connectivity index (χ2v) is 5.93. The summed E-state index contributed by atoms with van der Waals surface area (Å²) in [5.41, 5.74) is -3.19. The average Bonchev–Trinajstić information content (AvgIpc) is 2.59. The van der Waals surface area contributed by atoms with Crippen molar-refractivity contribution in [3.63, 3.8) is 0 Å². The lowest BCUT2D eigenvalue weighted by Crippen LogP contribution is -2.62. The minimum Gasteiger partial charge on any atom is -0.545 e. The fourth-order valence-corrected chi connectivity index (χ4v) is 3.42. The highest BCUT2D eigenvalue weighted by Gasteiger charge is 2.62. The number of carbonyl (C=O) groups is 1. The van der Waals surface area contributed by atoms with Crippen molar-refractivity contribution in [2.75, 3.05) is 4.90 Å². The summed E-state index contributed by atoms with van der Waals surface area (Å²) < 4.78 is 56.1. The first kappa shape index (κ1) is 18.0. The Morgan fingerprint density at radius 1 is 1.12 bits per heavy atom. The number of carboxylic acid groups (broad SMARTS) is 1. The average molecular weight is 364 g/mol. The zero-order chi connectivity index (χ0) is 19.1. The fraction of sp³-hybridized carbons (Fsp3) is 0.211. The number of fused-ring (bicyclic) bond motifs is 1. The largest absolute Gasteiger partial charge is 0.545 e. The summed E-state index contributed by atoms with van der Waals surface area (Å²) >= 11 is 0. The van der Waals surface area contributed by atoms with E-state index in [1.54, 1.807) is 12.1 Å². The van der Waals surface area contributed by atoms with E-state index in [1.807, 2.05) is 0 Å². The van der Waals surface area contributed by atoms with Crippen LogP contribution in [0.1, 0.15) is 18.9 Å². The van der Waals surface area contributed by atoms with Crippen LogP contribution >= 0.6 is 0 Å². The zero-order valence-corrected chi connectivity index (χ0v) is 13.7. The van der Waals surface area contributed by atoms with Gasteiger partial charge in [-0.1, -0.05) is 25.1 Å². The van der Waals surface area contributed by atoms with Gasteiger partial charge >= 0.3 is 6.18 Å². The molecule has 0 saturated carbocycles. The molecule has 0 aromatic heterocycles. The van der Waals surface area contributed by atoms with E-state index in [0.29, 0.717) is 5.56 Å². The van der Waals surface area contributed by atoms with E-state index in [0.717, 1.165) is 23.1 Å². The van der Waals surface area contributed by atoms with Crippen molar-refractivity contribution in [3.8, 4) is 0 Å². The van der Waals surface area contributed by atoms with Gasteiger partial charge in [0.15, 0.2) is 5.54 Å². The van der Waals surface area contributed by atoms with E-state index >= 15 is 0 Å². The summed E-state index contributed by atoms with van der Waals surface area (Å²) in [4.78, 5) is 12.6. The van der Waals surface area contributed by atoms with E-state index in [4.69, 9.17) is 0 Å². The van der Waals surface area contributed by atoms with Gasteiger partial charge in [0.05, 0.1) is 5.97 Å². The van der Waals surface area contributed by atoms with Gasteiger partial charge in [-0.15, -0.1) is 0 Å². The molecule has 2 aromatic carbocycles. The molecular formula is C19H14F4NO2-. The number of carbonyl (C=O) groups excluding carboxylic acids is 1. The first-order valence-electron chi connectivity index (χ1n) is 7.87. The number of hydrogen-bond acceptors (Lipinski definition) is 3. The van der Waals surface area contributed by atoms with E-state index < -0.39 is 35.5 Å². The minimum atomic E-state index is -4.92. The van der Waals surface area contributed by atoms with E-state index in [-0.39, 0.29) is 11.4 Å². The second-order valence-electron chi connectivity index (χ2n) is 5.93. The van der Waals surface area contributed by atoms with Gasteiger partial charge in [-0.05, 0) is 48.4 Å². The minimum absolute atomic E-state index is 0.0323. The third kappa shape index (κ3) is 2.55. The molecule has 3 rings (SSSR count). The maximum absolute atomic E-state index is 14.3. The lowest BCUT2D eigenvalue weighted by molar-refractivity contribution is -0.302. The zero-order valence-electron chi connectivity index (χ0n) is 13.7. The summed E-state index contributed by atoms with van der Waals surface area (Å²) in [5.74, 6) is -2.50. The van der Waals surface area contributed by atoms with E-state index in [2.05, 4.69) is 0 Å². The molecule has 0 N–H and O–H groups in total. The van der Waals surface area contributed by atoms with Crippen molar-refractivity contribution in [3.05, 3.63) is 65.5 Å². The van der Waals surface area contributed by atoms with E-state index in [9.17, 15) is 27.5 Å². The Labute approximate surface area is 147 Å². The molecule has 0 aliphatic carbocycles. The van der Waals surface area contributed by atoms with Crippen molar-refractivity contribution in [2.45, 2.75) is 25.1 Å². The molecule has 2 aromatic rings. The first-order valence-corrected chi connectivity index (χ1v) is 7.87. The number of nitrogens with zero attached hydrogens (tertiary/aromatic N) is 1. The monoisotopic (exact) mass is 364 g/mol. The smallest absolute Gasteiger partial charge is 0.416 e. The molecule has 0 fully saturated rings. The van der Waals surface area contributed by atoms with E-state index in [1.165, 1.54) is 31.2 Å². The standard InChI is InChI=1S/C19H15F4NO2/c1-2-18(19(21,22)23)15(17(25)26)11-12-5-3-4-6-16(12)24(18)14-9-7-13(20)8-10-14/h3-11H,2H2,1H3,(H,25,26)/p-1. The quantitative estimate of drug-likeness (QED) is 0.778. The Hall–Kier alpha value is -2.83. The molecule has 1 heterocycles. The van der Waals surface area contributed by atoms with Crippen molar-refractivity contribution < 1.29 is 27.5 Å². The molecule has 1 unspecified atom stereocenters. The van der Waals surface area contributed by atoms with Crippen LogP contribution in [0.5, 0.6) is 0 Å². The summed E-state index contributed by atoms with van der Waals surface area (Å²) in [6.45, 7) is 1.26. The Kier molecular flexibility index (Phi) is 4.26. The number of hydrogen-bond donors (Lipinski definition) is 0. The molecule has 0 spiro atoms. The predicted molar refractivity (Wildman–Crippen MR) is 87.0 cm³/mol. The number of aliphatic carboxylic acids is 1. The predicted octanol–water partition coefficient (Wildman–Crippen LogP) is 3.82. The topological polar surface area (TPSA) is 43.4 Å². The molecule has 136 valence electrons. The van der Waals surface area contributed by atoms with Gasteiger partial charge in [0, 0.05) is 16.9 Å². The number of alkyl halides is 3. The Morgan fingerprint density at radius 3 is 2.27 bits per heavy atom. The molecule has 0 saturated heterocycles. The van der Waals surface area contributed by atoms with Crippen LogP contribution in [0, 0.1) is 5.82 Å². The summed E-state index contributed by atoms with van der Waals surface area (Å²) in [6, 6.07) is 10.6. The van der Waals surface area contributed by atoms with Crippen molar-refractivity contribution in [1.29, 1.82) is 0 Å².